The Bertz CT molecular complexity index is 326. The number of carbonyl (C=O) groups is 2. The van der Waals surface area contributed by atoms with E-state index in [0.717, 1.165) is 6.42 Å². The quantitative estimate of drug-likeness (QED) is 0.684. The van der Waals surface area contributed by atoms with Crippen LogP contribution in [0.2, 0.25) is 0 Å². The average Bonchev–Trinajstić information content (AvgIpc) is 2.30. The van der Waals surface area contributed by atoms with Gasteiger partial charge in [-0.3, -0.25) is 9.59 Å². The number of carbonyl (C=O) groups excluding carboxylic acids is 2. The third kappa shape index (κ3) is 3.30. The van der Waals surface area contributed by atoms with Crippen LogP contribution in [0.3, 0.4) is 0 Å². The van der Waals surface area contributed by atoms with Crippen molar-refractivity contribution in [1.29, 1.82) is 0 Å². The molecule has 0 fully saturated rings. The Morgan fingerprint density at radius 1 is 1.00 bits per heavy atom. The van der Waals surface area contributed by atoms with E-state index in [2.05, 4.69) is 6.92 Å². The second-order valence-corrected chi connectivity index (χ2v) is 3.78. The predicted molar refractivity (Wildman–Crippen MR) is 64.6 cm³/mol. The van der Waals surface area contributed by atoms with E-state index in [0.29, 0.717) is 30.4 Å². The molecule has 0 atom stereocenters. The molecule has 0 aliphatic heterocycles. The van der Waals surface area contributed by atoms with Crippen molar-refractivity contribution in [2.45, 2.75) is 32.6 Å². The van der Waals surface area contributed by atoms with Crippen molar-refractivity contribution >= 4 is 11.6 Å². The lowest BCUT2D eigenvalue weighted by atomic mass is 10.0. The molecule has 2 nitrogen and oxygen atoms in total. The molecule has 1 radical (unpaired) electrons. The van der Waals surface area contributed by atoms with Gasteiger partial charge >= 0.3 is 0 Å². The standard InChI is InChI=1S/C14H17O2/c1-3-5-13(15)11-7-9-12(10-8-11)14(16)6-4-2/h7-10H,1,3-6H2,2H3. The lowest BCUT2D eigenvalue weighted by molar-refractivity contribution is 0.0971. The molecule has 2 heteroatoms. The third-order valence-electron chi connectivity index (χ3n) is 2.41. The Balaban J connectivity index is 2.75. The topological polar surface area (TPSA) is 34.1 Å². The molecule has 1 aromatic carbocycles. The van der Waals surface area contributed by atoms with Crippen LogP contribution in [0.25, 0.3) is 0 Å². The molecule has 0 saturated heterocycles. The van der Waals surface area contributed by atoms with Gasteiger partial charge in [0.05, 0.1) is 0 Å². The van der Waals surface area contributed by atoms with Crippen LogP contribution in [0.5, 0.6) is 0 Å². The Hall–Kier alpha value is -1.44. The van der Waals surface area contributed by atoms with Crippen LogP contribution in [-0.2, 0) is 0 Å². The van der Waals surface area contributed by atoms with E-state index < -0.39 is 0 Å². The molecule has 0 heterocycles. The molecule has 0 unspecified atom stereocenters. The van der Waals surface area contributed by atoms with E-state index in [1.807, 2.05) is 6.92 Å². The van der Waals surface area contributed by atoms with Gasteiger partial charge in [0.25, 0.3) is 0 Å². The van der Waals surface area contributed by atoms with Crippen molar-refractivity contribution in [2.75, 3.05) is 0 Å². The summed E-state index contributed by atoms with van der Waals surface area (Å²) in [5.74, 6) is 0.225. The van der Waals surface area contributed by atoms with E-state index in [9.17, 15) is 9.59 Å². The van der Waals surface area contributed by atoms with E-state index >= 15 is 0 Å². The summed E-state index contributed by atoms with van der Waals surface area (Å²) in [4.78, 5) is 23.1. The molecule has 1 rings (SSSR count). The van der Waals surface area contributed by atoms with Gasteiger partial charge in [0, 0.05) is 24.0 Å². The highest BCUT2D eigenvalue weighted by atomic mass is 16.1. The minimum atomic E-state index is 0.0875. The second-order valence-electron chi connectivity index (χ2n) is 3.78. The molecule has 0 bridgehead atoms. The van der Waals surface area contributed by atoms with Crippen LogP contribution in [0.1, 0.15) is 53.3 Å². The number of hydrogen-bond donors (Lipinski definition) is 0. The molecule has 0 saturated carbocycles. The molecular formula is C14H17O2. The van der Waals surface area contributed by atoms with Crippen LogP contribution >= 0.6 is 0 Å². The number of ketones is 2. The van der Waals surface area contributed by atoms with Gasteiger partial charge in [0.1, 0.15) is 0 Å². The van der Waals surface area contributed by atoms with Gasteiger partial charge in [0.2, 0.25) is 0 Å². The predicted octanol–water partition coefficient (Wildman–Crippen LogP) is 3.47. The Morgan fingerprint density at radius 2 is 1.44 bits per heavy atom. The molecular weight excluding hydrogens is 200 g/mol. The van der Waals surface area contributed by atoms with E-state index in [-0.39, 0.29) is 11.6 Å². The van der Waals surface area contributed by atoms with Gasteiger partial charge < -0.3 is 0 Å². The van der Waals surface area contributed by atoms with Crippen molar-refractivity contribution < 1.29 is 9.59 Å². The summed E-state index contributed by atoms with van der Waals surface area (Å²) in [5.41, 5.74) is 1.35. The zero-order valence-electron chi connectivity index (χ0n) is 9.66. The number of benzene rings is 1. The molecule has 0 N–H and O–H groups in total. The highest BCUT2D eigenvalue weighted by Gasteiger charge is 2.07. The van der Waals surface area contributed by atoms with Gasteiger partial charge in [-0.2, -0.15) is 0 Å². The van der Waals surface area contributed by atoms with Crippen molar-refractivity contribution in [3.63, 3.8) is 0 Å². The van der Waals surface area contributed by atoms with Crippen LogP contribution in [0.4, 0.5) is 0 Å². The number of Topliss-reactive ketones (excluding diaryl/α,β-unsaturated/α-hetero) is 2. The van der Waals surface area contributed by atoms with Crippen LogP contribution in [0.15, 0.2) is 24.3 Å². The molecule has 1 aromatic rings. The van der Waals surface area contributed by atoms with Gasteiger partial charge in [0.15, 0.2) is 11.6 Å². The van der Waals surface area contributed by atoms with Crippen molar-refractivity contribution in [3.8, 4) is 0 Å². The van der Waals surface area contributed by atoms with Crippen molar-refractivity contribution in [2.24, 2.45) is 0 Å². The fourth-order valence-electron chi connectivity index (χ4n) is 1.52. The average molecular weight is 217 g/mol. The first-order valence-electron chi connectivity index (χ1n) is 5.64. The maximum Gasteiger partial charge on any atom is 0.162 e. The smallest absolute Gasteiger partial charge is 0.162 e. The van der Waals surface area contributed by atoms with Crippen molar-refractivity contribution in [3.05, 3.63) is 42.3 Å². The minimum absolute atomic E-state index is 0.0875. The summed E-state index contributed by atoms with van der Waals surface area (Å²) in [6, 6.07) is 6.91. The van der Waals surface area contributed by atoms with Gasteiger partial charge in [-0.15, -0.1) is 0 Å². The summed E-state index contributed by atoms with van der Waals surface area (Å²) in [6.45, 7) is 5.62. The first-order chi connectivity index (χ1) is 7.69. The molecule has 85 valence electrons. The fraction of sp³-hybridized carbons (Fsp3) is 0.357. The second kappa shape index (κ2) is 6.21. The third-order valence-corrected chi connectivity index (χ3v) is 2.41. The minimum Gasteiger partial charge on any atom is -0.294 e. The maximum absolute atomic E-state index is 11.6. The summed E-state index contributed by atoms with van der Waals surface area (Å²) >= 11 is 0. The van der Waals surface area contributed by atoms with Gasteiger partial charge in [-0.05, 0) is 12.8 Å². The van der Waals surface area contributed by atoms with Crippen molar-refractivity contribution in [1.82, 2.24) is 0 Å². The Morgan fingerprint density at radius 3 is 1.81 bits per heavy atom. The van der Waals surface area contributed by atoms with Crippen LogP contribution < -0.4 is 0 Å². The first kappa shape index (κ1) is 12.6. The van der Waals surface area contributed by atoms with Crippen LogP contribution in [-0.4, -0.2) is 11.6 Å². The highest BCUT2D eigenvalue weighted by Crippen LogP contribution is 2.10. The monoisotopic (exact) mass is 217 g/mol. The van der Waals surface area contributed by atoms with E-state index in [1.165, 1.54) is 0 Å². The molecule has 0 aromatic heterocycles. The fourth-order valence-corrected chi connectivity index (χ4v) is 1.52. The van der Waals surface area contributed by atoms with E-state index in [1.54, 1.807) is 24.3 Å². The summed E-state index contributed by atoms with van der Waals surface area (Å²) in [6.07, 6.45) is 2.48. The lowest BCUT2D eigenvalue weighted by Crippen LogP contribution is -2.01. The normalized spacial score (nSPS) is 10.1. The van der Waals surface area contributed by atoms with Gasteiger partial charge in [-0.25, -0.2) is 0 Å². The zero-order chi connectivity index (χ0) is 12.0. The number of rotatable bonds is 6. The molecule has 0 spiro atoms. The molecule has 0 aliphatic rings. The summed E-state index contributed by atoms with van der Waals surface area (Å²) in [5, 5.41) is 0. The molecule has 16 heavy (non-hydrogen) atoms. The summed E-state index contributed by atoms with van der Waals surface area (Å²) < 4.78 is 0. The lowest BCUT2D eigenvalue weighted by Gasteiger charge is -2.02. The number of hydrogen-bond acceptors (Lipinski definition) is 2. The first-order valence-corrected chi connectivity index (χ1v) is 5.64. The maximum atomic E-state index is 11.6. The zero-order valence-corrected chi connectivity index (χ0v) is 9.66. The Labute approximate surface area is 96.7 Å². The highest BCUT2D eigenvalue weighted by molar-refractivity contribution is 5.99. The van der Waals surface area contributed by atoms with E-state index in [4.69, 9.17) is 0 Å². The molecule has 0 amide bonds. The van der Waals surface area contributed by atoms with Crippen LogP contribution in [0, 0.1) is 6.92 Å². The largest absolute Gasteiger partial charge is 0.294 e. The molecule has 0 aliphatic carbocycles. The Kier molecular flexibility index (Phi) is 4.90. The summed E-state index contributed by atoms with van der Waals surface area (Å²) in [7, 11) is 0. The SMILES string of the molecule is [CH2]CCC(=O)c1ccc(C(=O)CCC)cc1. The van der Waals surface area contributed by atoms with Gasteiger partial charge in [-0.1, -0.05) is 38.1 Å².